The van der Waals surface area contributed by atoms with Crippen LogP contribution in [0.5, 0.6) is 0 Å². The third kappa shape index (κ3) is 3.81. The van der Waals surface area contributed by atoms with Crippen molar-refractivity contribution in [3.63, 3.8) is 0 Å². The Morgan fingerprint density at radius 1 is 1.29 bits per heavy atom. The predicted molar refractivity (Wildman–Crippen MR) is 92.3 cm³/mol. The molecular weight excluding hydrogens is 303 g/mol. The lowest BCUT2D eigenvalue weighted by molar-refractivity contribution is -0.130. The van der Waals surface area contributed by atoms with Crippen LogP contribution in [-0.2, 0) is 4.79 Å². The lowest BCUT2D eigenvalue weighted by Gasteiger charge is -2.19. The van der Waals surface area contributed by atoms with Crippen molar-refractivity contribution in [3.8, 4) is 0 Å². The number of carbonyl (C=O) groups is 1. The average molecular weight is 326 g/mol. The fraction of sp³-hybridized carbons (Fsp3) is 0.400. The molecule has 0 bridgehead atoms. The maximum absolute atomic E-state index is 13.0. The molecule has 1 fully saturated rings. The summed E-state index contributed by atoms with van der Waals surface area (Å²) >= 11 is 0. The van der Waals surface area contributed by atoms with Crippen molar-refractivity contribution in [1.29, 1.82) is 0 Å². The highest BCUT2D eigenvalue weighted by molar-refractivity contribution is 5.77. The van der Waals surface area contributed by atoms with Gasteiger partial charge in [-0.25, -0.2) is 4.39 Å². The maximum Gasteiger partial charge on any atom is 0.223 e. The van der Waals surface area contributed by atoms with Crippen LogP contribution in [0, 0.1) is 12.7 Å². The van der Waals surface area contributed by atoms with E-state index in [2.05, 4.69) is 43.1 Å². The summed E-state index contributed by atoms with van der Waals surface area (Å²) in [5.41, 5.74) is 3.30. The van der Waals surface area contributed by atoms with Crippen molar-refractivity contribution in [1.82, 2.24) is 9.88 Å². The van der Waals surface area contributed by atoms with Crippen LogP contribution in [0.25, 0.3) is 0 Å². The molecule has 2 heterocycles. The number of nitrogens with zero attached hydrogens (tertiary/aromatic N) is 2. The van der Waals surface area contributed by atoms with E-state index in [1.54, 1.807) is 6.07 Å². The molecule has 2 unspecified atom stereocenters. The molecule has 1 aromatic carbocycles. The summed E-state index contributed by atoms with van der Waals surface area (Å²) < 4.78 is 13.0. The first kappa shape index (κ1) is 16.6. The van der Waals surface area contributed by atoms with Gasteiger partial charge in [-0.2, -0.15) is 0 Å². The average Bonchev–Trinajstić information content (AvgIpc) is 3.06. The number of hydrogen-bond acceptors (Lipinski definition) is 2. The molecular formula is C20H23FN2O. The van der Waals surface area contributed by atoms with Gasteiger partial charge in [-0.15, -0.1) is 0 Å². The van der Waals surface area contributed by atoms with Crippen LogP contribution in [-0.4, -0.2) is 28.9 Å². The number of aromatic nitrogens is 1. The zero-order valence-electron chi connectivity index (χ0n) is 14.2. The normalized spacial score (nSPS) is 18.6. The highest BCUT2D eigenvalue weighted by atomic mass is 19.1. The van der Waals surface area contributed by atoms with Gasteiger partial charge in [0.25, 0.3) is 0 Å². The number of halogens is 1. The summed E-state index contributed by atoms with van der Waals surface area (Å²) in [6, 6.07) is 11.5. The zero-order valence-corrected chi connectivity index (χ0v) is 14.2. The molecule has 1 aliphatic rings. The SMILES string of the molecule is Cc1ccc(C(C)CC(=O)N2CCC(c3ccc(F)cn3)C2)cc1. The third-order valence-corrected chi connectivity index (χ3v) is 4.84. The van der Waals surface area contributed by atoms with E-state index in [9.17, 15) is 9.18 Å². The van der Waals surface area contributed by atoms with Gasteiger partial charge in [0, 0.05) is 31.1 Å². The molecule has 0 aliphatic carbocycles. The Balaban J connectivity index is 1.58. The van der Waals surface area contributed by atoms with E-state index in [4.69, 9.17) is 0 Å². The molecule has 3 nitrogen and oxygen atoms in total. The lowest BCUT2D eigenvalue weighted by Crippen LogP contribution is -2.29. The molecule has 2 atom stereocenters. The van der Waals surface area contributed by atoms with E-state index in [1.807, 2.05) is 4.90 Å². The van der Waals surface area contributed by atoms with E-state index in [-0.39, 0.29) is 23.6 Å². The van der Waals surface area contributed by atoms with Gasteiger partial charge in [0.15, 0.2) is 0 Å². The van der Waals surface area contributed by atoms with Crippen molar-refractivity contribution in [2.45, 2.75) is 38.5 Å². The molecule has 24 heavy (non-hydrogen) atoms. The maximum atomic E-state index is 13.0. The van der Waals surface area contributed by atoms with Crippen LogP contribution < -0.4 is 0 Å². The van der Waals surface area contributed by atoms with Gasteiger partial charge in [-0.3, -0.25) is 9.78 Å². The largest absolute Gasteiger partial charge is 0.342 e. The molecule has 1 aliphatic heterocycles. The molecule has 126 valence electrons. The van der Waals surface area contributed by atoms with Crippen LogP contribution in [0.15, 0.2) is 42.6 Å². The molecule has 0 spiro atoms. The smallest absolute Gasteiger partial charge is 0.223 e. The van der Waals surface area contributed by atoms with Crippen LogP contribution in [0.3, 0.4) is 0 Å². The first-order valence-corrected chi connectivity index (χ1v) is 8.48. The molecule has 1 amide bonds. The second-order valence-corrected chi connectivity index (χ2v) is 6.74. The van der Waals surface area contributed by atoms with Gasteiger partial charge < -0.3 is 4.90 Å². The Morgan fingerprint density at radius 2 is 2.04 bits per heavy atom. The van der Waals surface area contributed by atoms with Crippen LogP contribution in [0.4, 0.5) is 4.39 Å². The van der Waals surface area contributed by atoms with Crippen molar-refractivity contribution in [2.24, 2.45) is 0 Å². The van der Waals surface area contributed by atoms with Gasteiger partial charge in [0.1, 0.15) is 5.82 Å². The van der Waals surface area contributed by atoms with Crippen molar-refractivity contribution < 1.29 is 9.18 Å². The molecule has 0 N–H and O–H groups in total. The number of likely N-dealkylation sites (tertiary alicyclic amines) is 1. The van der Waals surface area contributed by atoms with Gasteiger partial charge >= 0.3 is 0 Å². The molecule has 0 radical (unpaired) electrons. The minimum absolute atomic E-state index is 0.188. The molecule has 4 heteroatoms. The molecule has 3 rings (SSSR count). The van der Waals surface area contributed by atoms with E-state index >= 15 is 0 Å². The van der Waals surface area contributed by atoms with E-state index < -0.39 is 0 Å². The quantitative estimate of drug-likeness (QED) is 0.849. The monoisotopic (exact) mass is 326 g/mol. The van der Waals surface area contributed by atoms with E-state index in [0.29, 0.717) is 13.0 Å². The highest BCUT2D eigenvalue weighted by Crippen LogP contribution is 2.28. The number of carbonyl (C=O) groups excluding carboxylic acids is 1. The number of benzene rings is 1. The summed E-state index contributed by atoms with van der Waals surface area (Å²) in [6.07, 6.45) is 2.66. The van der Waals surface area contributed by atoms with E-state index in [0.717, 1.165) is 18.7 Å². The summed E-state index contributed by atoms with van der Waals surface area (Å²) in [6.45, 7) is 5.59. The predicted octanol–water partition coefficient (Wildman–Crippen LogP) is 4.04. The van der Waals surface area contributed by atoms with Gasteiger partial charge in [-0.1, -0.05) is 36.8 Å². The number of hydrogen-bond donors (Lipinski definition) is 0. The number of rotatable bonds is 4. The molecule has 0 saturated carbocycles. The second kappa shape index (κ2) is 7.12. The minimum atomic E-state index is -0.323. The summed E-state index contributed by atoms with van der Waals surface area (Å²) in [4.78, 5) is 18.6. The van der Waals surface area contributed by atoms with Crippen LogP contribution in [0.2, 0.25) is 0 Å². The van der Waals surface area contributed by atoms with Gasteiger partial charge in [0.2, 0.25) is 5.91 Å². The number of amides is 1. The fourth-order valence-corrected chi connectivity index (χ4v) is 3.26. The number of aryl methyl sites for hydroxylation is 1. The standard InChI is InChI=1S/C20H23FN2O/c1-14-3-5-16(6-4-14)15(2)11-20(24)23-10-9-17(13-23)19-8-7-18(21)12-22-19/h3-8,12,15,17H,9-11,13H2,1-2H3. The Bertz CT molecular complexity index is 697. The Morgan fingerprint density at radius 3 is 2.71 bits per heavy atom. The Kier molecular flexibility index (Phi) is 4.93. The first-order valence-electron chi connectivity index (χ1n) is 8.48. The fourth-order valence-electron chi connectivity index (χ4n) is 3.26. The molecule has 1 saturated heterocycles. The highest BCUT2D eigenvalue weighted by Gasteiger charge is 2.28. The van der Waals surface area contributed by atoms with Crippen LogP contribution >= 0.6 is 0 Å². The summed E-state index contributed by atoms with van der Waals surface area (Å²) in [5.74, 6) is 0.287. The Labute approximate surface area is 142 Å². The van der Waals surface area contributed by atoms with Crippen LogP contribution in [0.1, 0.15) is 48.4 Å². The summed E-state index contributed by atoms with van der Waals surface area (Å²) in [5, 5.41) is 0. The van der Waals surface area contributed by atoms with Crippen molar-refractivity contribution in [3.05, 3.63) is 65.2 Å². The topological polar surface area (TPSA) is 33.2 Å². The molecule has 1 aromatic heterocycles. The van der Waals surface area contributed by atoms with Crippen molar-refractivity contribution >= 4 is 5.91 Å². The number of pyridine rings is 1. The van der Waals surface area contributed by atoms with E-state index in [1.165, 1.54) is 23.4 Å². The molecule has 2 aromatic rings. The third-order valence-electron chi connectivity index (χ3n) is 4.84. The van der Waals surface area contributed by atoms with Crippen molar-refractivity contribution in [2.75, 3.05) is 13.1 Å². The first-order chi connectivity index (χ1) is 11.5. The van der Waals surface area contributed by atoms with Gasteiger partial charge in [-0.05, 0) is 37.0 Å². The Hall–Kier alpha value is -2.23. The second-order valence-electron chi connectivity index (χ2n) is 6.74. The summed E-state index contributed by atoms with van der Waals surface area (Å²) in [7, 11) is 0. The minimum Gasteiger partial charge on any atom is -0.342 e. The lowest BCUT2D eigenvalue weighted by atomic mass is 9.96. The zero-order chi connectivity index (χ0) is 17.1. The van der Waals surface area contributed by atoms with Gasteiger partial charge in [0.05, 0.1) is 6.20 Å².